The number of carbonyl (C=O) groups excluding carboxylic acids is 1. The van der Waals surface area contributed by atoms with Crippen molar-refractivity contribution in [1.82, 2.24) is 19.8 Å². The second-order valence-electron chi connectivity index (χ2n) is 5.34. The maximum absolute atomic E-state index is 12.2. The minimum atomic E-state index is -0.0692. The molecule has 0 fully saturated rings. The van der Waals surface area contributed by atoms with Gasteiger partial charge in [0.2, 0.25) is 10.9 Å². The van der Waals surface area contributed by atoms with Crippen LogP contribution in [-0.2, 0) is 4.79 Å². The topological polar surface area (TPSA) is 72.2 Å². The number of rotatable bonds is 5. The van der Waals surface area contributed by atoms with Crippen LogP contribution in [0.5, 0.6) is 0 Å². The van der Waals surface area contributed by atoms with E-state index in [0.29, 0.717) is 10.8 Å². The first-order chi connectivity index (χ1) is 12.7. The van der Waals surface area contributed by atoms with Gasteiger partial charge in [0.1, 0.15) is 11.3 Å². The molecule has 4 rings (SSSR count). The Morgan fingerprint density at radius 3 is 2.88 bits per heavy atom. The molecule has 0 spiro atoms. The van der Waals surface area contributed by atoms with Crippen LogP contribution >= 0.6 is 34.7 Å². The van der Waals surface area contributed by atoms with Gasteiger partial charge in [-0.3, -0.25) is 4.79 Å². The molecule has 0 aliphatic heterocycles. The standard InChI is InChI=1S/C17H12ClN5OS2/c18-12-4-6-14(7-5-12)25-9-15(24)20-13-3-1-2-11(8-13)16-22-23-10-19-21-17(23)26-16/h1-8,10H,9H2,(H,20,24). The van der Waals surface area contributed by atoms with Crippen molar-refractivity contribution in [3.8, 4) is 10.6 Å². The highest BCUT2D eigenvalue weighted by Gasteiger charge is 2.09. The minimum absolute atomic E-state index is 0.0692. The Kier molecular flexibility index (Phi) is 4.87. The van der Waals surface area contributed by atoms with Crippen LogP contribution in [0.25, 0.3) is 15.5 Å². The molecule has 0 unspecified atom stereocenters. The van der Waals surface area contributed by atoms with E-state index in [4.69, 9.17) is 11.6 Å². The lowest BCUT2D eigenvalue weighted by atomic mass is 10.2. The van der Waals surface area contributed by atoms with E-state index in [2.05, 4.69) is 20.6 Å². The van der Waals surface area contributed by atoms with Crippen LogP contribution in [0, 0.1) is 0 Å². The lowest BCUT2D eigenvalue weighted by Crippen LogP contribution is -2.13. The molecule has 9 heteroatoms. The van der Waals surface area contributed by atoms with Crippen molar-refractivity contribution >= 4 is 51.3 Å². The van der Waals surface area contributed by atoms with Crippen molar-refractivity contribution < 1.29 is 4.79 Å². The van der Waals surface area contributed by atoms with Gasteiger partial charge in [-0.05, 0) is 36.4 Å². The maximum atomic E-state index is 12.2. The molecule has 26 heavy (non-hydrogen) atoms. The van der Waals surface area contributed by atoms with Gasteiger partial charge in [0.05, 0.1) is 5.75 Å². The second kappa shape index (κ2) is 7.45. The van der Waals surface area contributed by atoms with E-state index in [9.17, 15) is 4.79 Å². The average molecular weight is 402 g/mol. The van der Waals surface area contributed by atoms with E-state index in [1.165, 1.54) is 23.1 Å². The van der Waals surface area contributed by atoms with Gasteiger partial charge in [0, 0.05) is 21.2 Å². The van der Waals surface area contributed by atoms with Crippen LogP contribution in [0.4, 0.5) is 5.69 Å². The summed E-state index contributed by atoms with van der Waals surface area (Å²) in [4.78, 5) is 13.9. The number of halogens is 1. The number of anilines is 1. The summed E-state index contributed by atoms with van der Waals surface area (Å²) in [5, 5.41) is 16.6. The first-order valence-corrected chi connectivity index (χ1v) is 9.81. The number of amides is 1. The first-order valence-electron chi connectivity index (χ1n) is 7.63. The Labute approximate surface area is 162 Å². The lowest BCUT2D eigenvalue weighted by molar-refractivity contribution is -0.113. The largest absolute Gasteiger partial charge is 0.325 e. The van der Waals surface area contributed by atoms with Gasteiger partial charge in [-0.15, -0.1) is 22.0 Å². The van der Waals surface area contributed by atoms with Gasteiger partial charge in [-0.1, -0.05) is 35.1 Å². The first kappa shape index (κ1) is 17.0. The van der Waals surface area contributed by atoms with E-state index in [1.807, 2.05) is 48.5 Å². The van der Waals surface area contributed by atoms with Crippen molar-refractivity contribution in [2.24, 2.45) is 0 Å². The molecule has 1 N–H and O–H groups in total. The second-order valence-corrected chi connectivity index (χ2v) is 7.78. The third-order valence-corrected chi connectivity index (χ3v) is 5.69. The molecule has 0 saturated heterocycles. The molecule has 0 aliphatic carbocycles. The fraction of sp³-hybridized carbons (Fsp3) is 0.0588. The lowest BCUT2D eigenvalue weighted by Gasteiger charge is -2.06. The molecule has 2 aromatic carbocycles. The summed E-state index contributed by atoms with van der Waals surface area (Å²) in [6.07, 6.45) is 1.56. The fourth-order valence-corrected chi connectivity index (χ4v) is 3.92. The third kappa shape index (κ3) is 3.87. The van der Waals surface area contributed by atoms with Crippen LogP contribution < -0.4 is 5.32 Å². The zero-order valence-corrected chi connectivity index (χ0v) is 15.7. The van der Waals surface area contributed by atoms with E-state index >= 15 is 0 Å². The van der Waals surface area contributed by atoms with Crippen LogP contribution in [0.3, 0.4) is 0 Å². The Bertz CT molecular complexity index is 1030. The fourth-order valence-electron chi connectivity index (χ4n) is 2.28. The van der Waals surface area contributed by atoms with E-state index < -0.39 is 0 Å². The summed E-state index contributed by atoms with van der Waals surface area (Å²) in [5.74, 6) is 0.253. The van der Waals surface area contributed by atoms with Crippen molar-refractivity contribution in [1.29, 1.82) is 0 Å². The number of fused-ring (bicyclic) bond motifs is 1. The highest BCUT2D eigenvalue weighted by molar-refractivity contribution is 8.00. The zero-order chi connectivity index (χ0) is 17.9. The third-order valence-electron chi connectivity index (χ3n) is 3.46. The molecule has 0 atom stereocenters. The SMILES string of the molecule is O=C(CSc1ccc(Cl)cc1)Nc1cccc(-c2nn3cnnc3s2)c1. The number of thioether (sulfide) groups is 1. The predicted octanol–water partition coefficient (Wildman–Crippen LogP) is 4.24. The molecule has 1 amide bonds. The van der Waals surface area contributed by atoms with Crippen LogP contribution in [0.2, 0.25) is 5.02 Å². The Hall–Kier alpha value is -2.42. The Morgan fingerprint density at radius 2 is 2.08 bits per heavy atom. The van der Waals surface area contributed by atoms with E-state index in [-0.39, 0.29) is 5.91 Å². The summed E-state index contributed by atoms with van der Waals surface area (Å²) < 4.78 is 1.63. The molecular weight excluding hydrogens is 390 g/mol. The molecule has 2 aromatic heterocycles. The van der Waals surface area contributed by atoms with Crippen molar-refractivity contribution in [3.63, 3.8) is 0 Å². The van der Waals surface area contributed by atoms with Crippen molar-refractivity contribution in [2.75, 3.05) is 11.1 Å². The molecule has 4 aromatic rings. The normalized spacial score (nSPS) is 11.0. The van der Waals surface area contributed by atoms with Crippen LogP contribution in [0.15, 0.2) is 59.8 Å². The summed E-state index contributed by atoms with van der Waals surface area (Å²) in [6.45, 7) is 0. The quantitative estimate of drug-likeness (QED) is 0.506. The summed E-state index contributed by atoms with van der Waals surface area (Å²) in [6, 6.07) is 15.0. The van der Waals surface area contributed by atoms with Crippen molar-refractivity contribution in [3.05, 3.63) is 59.9 Å². The van der Waals surface area contributed by atoms with Crippen LogP contribution in [-0.4, -0.2) is 31.5 Å². The number of benzene rings is 2. The number of nitrogens with one attached hydrogen (secondary N) is 1. The van der Waals surface area contributed by atoms with Gasteiger partial charge < -0.3 is 5.32 Å². The Morgan fingerprint density at radius 1 is 1.23 bits per heavy atom. The predicted molar refractivity (Wildman–Crippen MR) is 105 cm³/mol. The van der Waals surface area contributed by atoms with Gasteiger partial charge in [0.15, 0.2) is 0 Å². The van der Waals surface area contributed by atoms with Gasteiger partial charge in [0.25, 0.3) is 0 Å². The Balaban J connectivity index is 1.42. The zero-order valence-electron chi connectivity index (χ0n) is 13.3. The number of nitrogens with zero attached hydrogens (tertiary/aromatic N) is 4. The number of carbonyl (C=O) groups is 1. The average Bonchev–Trinajstić information content (AvgIpc) is 3.23. The number of hydrogen-bond acceptors (Lipinski definition) is 6. The van der Waals surface area contributed by atoms with Gasteiger partial charge in [-0.2, -0.15) is 9.61 Å². The maximum Gasteiger partial charge on any atom is 0.234 e. The molecule has 130 valence electrons. The highest BCUT2D eigenvalue weighted by atomic mass is 35.5. The molecule has 2 heterocycles. The van der Waals surface area contributed by atoms with Crippen molar-refractivity contribution in [2.45, 2.75) is 4.90 Å². The molecule has 0 aliphatic rings. The van der Waals surface area contributed by atoms with Gasteiger partial charge >= 0.3 is 0 Å². The highest BCUT2D eigenvalue weighted by Crippen LogP contribution is 2.27. The molecule has 6 nitrogen and oxygen atoms in total. The summed E-state index contributed by atoms with van der Waals surface area (Å²) in [5.41, 5.74) is 1.65. The smallest absolute Gasteiger partial charge is 0.234 e. The molecule has 0 bridgehead atoms. The minimum Gasteiger partial charge on any atom is -0.325 e. The summed E-state index contributed by atoms with van der Waals surface area (Å²) >= 11 is 8.77. The van der Waals surface area contributed by atoms with Crippen LogP contribution in [0.1, 0.15) is 0 Å². The van der Waals surface area contributed by atoms with E-state index in [1.54, 1.807) is 10.8 Å². The molecular formula is C17H12ClN5OS2. The molecule has 0 saturated carbocycles. The number of hydrogen-bond donors (Lipinski definition) is 1. The number of aromatic nitrogens is 4. The van der Waals surface area contributed by atoms with Gasteiger partial charge in [-0.25, -0.2) is 0 Å². The van der Waals surface area contributed by atoms with E-state index in [0.717, 1.165) is 26.1 Å². The summed E-state index contributed by atoms with van der Waals surface area (Å²) in [7, 11) is 0. The monoisotopic (exact) mass is 401 g/mol. The molecule has 0 radical (unpaired) electrons.